The Balaban J connectivity index is 1.82. The molecule has 1 atom stereocenters. The number of pyridine rings is 1. The lowest BCUT2D eigenvalue weighted by molar-refractivity contribution is 0.102. The van der Waals surface area contributed by atoms with Gasteiger partial charge in [0.05, 0.1) is 30.9 Å². The van der Waals surface area contributed by atoms with Crippen LogP contribution in [0.15, 0.2) is 36.5 Å². The normalized spacial score (nSPS) is 16.4. The summed E-state index contributed by atoms with van der Waals surface area (Å²) < 4.78 is 30.3. The monoisotopic (exact) mass is 361 g/mol. The molecule has 1 aromatic carbocycles. The van der Waals surface area contributed by atoms with Gasteiger partial charge in [-0.25, -0.2) is 13.4 Å². The summed E-state index contributed by atoms with van der Waals surface area (Å²) in [5.41, 5.74) is 2.51. The molecule has 0 fully saturated rings. The molecule has 2 aromatic rings. The van der Waals surface area contributed by atoms with Gasteiger partial charge in [-0.1, -0.05) is 0 Å². The number of anilines is 2. The smallest absolute Gasteiger partial charge is 0.255 e. The molecule has 1 aromatic heterocycles. The van der Waals surface area contributed by atoms with Crippen LogP contribution in [-0.2, 0) is 16.4 Å². The molecule has 0 spiro atoms. The Bertz CT molecular complexity index is 910. The molecule has 0 aliphatic carbocycles. The second kappa shape index (κ2) is 6.36. The lowest BCUT2D eigenvalue weighted by Gasteiger charge is -2.21. The van der Waals surface area contributed by atoms with Gasteiger partial charge < -0.3 is 10.1 Å². The first-order valence-corrected chi connectivity index (χ1v) is 9.58. The molecule has 25 heavy (non-hydrogen) atoms. The van der Waals surface area contributed by atoms with Crippen molar-refractivity contribution in [2.45, 2.75) is 19.4 Å². The number of carbonyl (C=O) groups excluding carboxylic acids is 1. The molecule has 132 valence electrons. The summed E-state index contributed by atoms with van der Waals surface area (Å²) in [6.45, 7) is 1.85. The molecule has 0 saturated heterocycles. The molecule has 0 radical (unpaired) electrons. The van der Waals surface area contributed by atoms with Crippen molar-refractivity contribution in [1.82, 2.24) is 4.98 Å². The van der Waals surface area contributed by atoms with Crippen molar-refractivity contribution in [2.75, 3.05) is 23.0 Å². The van der Waals surface area contributed by atoms with E-state index >= 15 is 0 Å². The van der Waals surface area contributed by atoms with Crippen LogP contribution >= 0.6 is 0 Å². The van der Waals surface area contributed by atoms with Gasteiger partial charge in [-0.15, -0.1) is 0 Å². The topological polar surface area (TPSA) is 88.6 Å². The Kier molecular flexibility index (Phi) is 4.38. The first-order chi connectivity index (χ1) is 11.8. The van der Waals surface area contributed by atoms with Crippen LogP contribution in [0, 0.1) is 0 Å². The van der Waals surface area contributed by atoms with Gasteiger partial charge in [-0.3, -0.25) is 9.10 Å². The first kappa shape index (κ1) is 17.2. The highest BCUT2D eigenvalue weighted by molar-refractivity contribution is 7.92. The molecule has 3 rings (SSSR count). The van der Waals surface area contributed by atoms with Crippen LogP contribution in [-0.4, -0.2) is 38.7 Å². The SMILES string of the molecule is COc1ccc(NC(=O)c2ccc3c(c2)C[C@@H](C)N3S(C)(=O)=O)cn1. The van der Waals surface area contributed by atoms with E-state index in [9.17, 15) is 13.2 Å². The van der Waals surface area contributed by atoms with Gasteiger partial charge in [0.1, 0.15) is 0 Å². The van der Waals surface area contributed by atoms with Gasteiger partial charge in [0, 0.05) is 17.7 Å². The molecule has 2 heterocycles. The second-order valence-electron chi connectivity index (χ2n) is 6.00. The van der Waals surface area contributed by atoms with E-state index in [1.807, 2.05) is 6.92 Å². The molecule has 7 nitrogen and oxygen atoms in total. The van der Waals surface area contributed by atoms with Crippen molar-refractivity contribution in [3.05, 3.63) is 47.7 Å². The molecule has 0 saturated carbocycles. The second-order valence-corrected chi connectivity index (χ2v) is 7.86. The van der Waals surface area contributed by atoms with E-state index < -0.39 is 10.0 Å². The lowest BCUT2D eigenvalue weighted by Crippen LogP contribution is -2.34. The lowest BCUT2D eigenvalue weighted by atomic mass is 10.1. The number of aromatic nitrogens is 1. The maximum atomic E-state index is 12.4. The largest absolute Gasteiger partial charge is 0.481 e. The highest BCUT2D eigenvalue weighted by Gasteiger charge is 2.32. The molecular weight excluding hydrogens is 342 g/mol. The van der Waals surface area contributed by atoms with Crippen molar-refractivity contribution in [2.24, 2.45) is 0 Å². The zero-order chi connectivity index (χ0) is 18.2. The fraction of sp³-hybridized carbons (Fsp3) is 0.294. The number of nitrogens with one attached hydrogen (secondary N) is 1. The van der Waals surface area contributed by atoms with Gasteiger partial charge >= 0.3 is 0 Å². The molecule has 0 bridgehead atoms. The zero-order valence-corrected chi connectivity index (χ0v) is 15.0. The van der Waals surface area contributed by atoms with Crippen molar-refractivity contribution in [1.29, 1.82) is 0 Å². The Morgan fingerprint density at radius 3 is 2.68 bits per heavy atom. The van der Waals surface area contributed by atoms with E-state index in [0.717, 1.165) is 5.56 Å². The van der Waals surface area contributed by atoms with Crippen LogP contribution in [0.1, 0.15) is 22.8 Å². The zero-order valence-electron chi connectivity index (χ0n) is 14.2. The molecule has 0 unspecified atom stereocenters. The number of amides is 1. The minimum atomic E-state index is -3.34. The molecule has 8 heteroatoms. The number of ether oxygens (including phenoxy) is 1. The van der Waals surface area contributed by atoms with Crippen LogP contribution in [0.3, 0.4) is 0 Å². The summed E-state index contributed by atoms with van der Waals surface area (Å²) in [5.74, 6) is 0.186. The van der Waals surface area contributed by atoms with Crippen LogP contribution in [0.2, 0.25) is 0 Å². The number of benzene rings is 1. The number of fused-ring (bicyclic) bond motifs is 1. The van der Waals surface area contributed by atoms with E-state index in [4.69, 9.17) is 4.74 Å². The maximum absolute atomic E-state index is 12.4. The quantitative estimate of drug-likeness (QED) is 0.900. The van der Waals surface area contributed by atoms with Crippen molar-refractivity contribution < 1.29 is 17.9 Å². The molecule has 1 aliphatic heterocycles. The third-order valence-electron chi connectivity index (χ3n) is 4.06. The number of carbonyl (C=O) groups is 1. The highest BCUT2D eigenvalue weighted by Crippen LogP contribution is 2.34. The fourth-order valence-corrected chi connectivity index (χ4v) is 4.29. The van der Waals surface area contributed by atoms with E-state index in [0.29, 0.717) is 29.2 Å². The number of sulfonamides is 1. The van der Waals surface area contributed by atoms with Crippen LogP contribution < -0.4 is 14.4 Å². The summed E-state index contributed by atoms with van der Waals surface area (Å²) in [5, 5.41) is 2.76. The van der Waals surface area contributed by atoms with Crippen molar-refractivity contribution >= 4 is 27.3 Å². The minimum absolute atomic E-state index is 0.158. The summed E-state index contributed by atoms with van der Waals surface area (Å²) in [4.78, 5) is 16.5. The number of methoxy groups -OCH3 is 1. The Hall–Kier alpha value is -2.61. The fourth-order valence-electron chi connectivity index (χ4n) is 3.03. The number of hydrogen-bond acceptors (Lipinski definition) is 5. The van der Waals surface area contributed by atoms with Crippen molar-refractivity contribution in [3.8, 4) is 5.88 Å². The average molecular weight is 361 g/mol. The van der Waals surface area contributed by atoms with Crippen molar-refractivity contribution in [3.63, 3.8) is 0 Å². The van der Waals surface area contributed by atoms with Gasteiger partial charge in [0.15, 0.2) is 0 Å². The number of nitrogens with zero attached hydrogens (tertiary/aromatic N) is 2. The van der Waals surface area contributed by atoms with Gasteiger partial charge in [-0.05, 0) is 43.2 Å². The van der Waals surface area contributed by atoms with E-state index in [-0.39, 0.29) is 11.9 Å². The Morgan fingerprint density at radius 2 is 2.08 bits per heavy atom. The number of rotatable bonds is 4. The highest BCUT2D eigenvalue weighted by atomic mass is 32.2. The third-order valence-corrected chi connectivity index (χ3v) is 5.33. The van der Waals surface area contributed by atoms with Gasteiger partial charge in [0.2, 0.25) is 15.9 Å². The van der Waals surface area contributed by atoms with E-state index in [1.54, 1.807) is 30.3 Å². The summed E-state index contributed by atoms with van der Waals surface area (Å²) in [6.07, 6.45) is 3.28. The van der Waals surface area contributed by atoms with E-state index in [1.165, 1.54) is 23.9 Å². The van der Waals surface area contributed by atoms with Gasteiger partial charge in [0.25, 0.3) is 5.91 Å². The first-order valence-electron chi connectivity index (χ1n) is 7.73. The standard InChI is InChI=1S/C17H19N3O4S/c1-11-8-13-9-12(4-6-15(13)20(11)25(3,22)23)17(21)19-14-5-7-16(24-2)18-10-14/h4-7,9-11H,8H2,1-3H3,(H,19,21)/t11-/m1/s1. The maximum Gasteiger partial charge on any atom is 0.255 e. The average Bonchev–Trinajstić information content (AvgIpc) is 2.90. The minimum Gasteiger partial charge on any atom is -0.481 e. The van der Waals surface area contributed by atoms with E-state index in [2.05, 4.69) is 10.3 Å². The van der Waals surface area contributed by atoms with Crippen LogP contribution in [0.25, 0.3) is 0 Å². The summed E-state index contributed by atoms with van der Waals surface area (Å²) in [7, 11) is -1.82. The predicted molar refractivity (Wildman–Crippen MR) is 95.7 cm³/mol. The van der Waals surface area contributed by atoms with Gasteiger partial charge in [-0.2, -0.15) is 0 Å². The molecular formula is C17H19N3O4S. The molecule has 1 aliphatic rings. The molecule has 1 amide bonds. The van der Waals surface area contributed by atoms with Crippen LogP contribution in [0.5, 0.6) is 5.88 Å². The summed E-state index contributed by atoms with van der Waals surface area (Å²) >= 11 is 0. The third kappa shape index (κ3) is 3.43. The van der Waals surface area contributed by atoms with Crippen LogP contribution in [0.4, 0.5) is 11.4 Å². The Labute approximate surface area is 146 Å². The number of hydrogen-bond donors (Lipinski definition) is 1. The summed E-state index contributed by atoms with van der Waals surface area (Å²) in [6, 6.07) is 8.24. The Morgan fingerprint density at radius 1 is 1.32 bits per heavy atom. The predicted octanol–water partition coefficient (Wildman–Crippen LogP) is 2.05. The molecule has 1 N–H and O–H groups in total.